The first-order chi connectivity index (χ1) is 59.5. The molecule has 576 valence electrons. The van der Waals surface area contributed by atoms with Gasteiger partial charge in [0.15, 0.2) is 24.2 Å². The highest BCUT2D eigenvalue weighted by atomic mass is 28.3. The Labute approximate surface area is 714 Å². The van der Waals surface area contributed by atoms with Gasteiger partial charge in [0.2, 0.25) is 0 Å². The number of rotatable bonds is 19. The summed E-state index contributed by atoms with van der Waals surface area (Å²) in [5.74, 6) is 0. The van der Waals surface area contributed by atoms with Crippen LogP contribution in [0.1, 0.15) is 49.9 Å². The van der Waals surface area contributed by atoms with Gasteiger partial charge in [-0.2, -0.15) is 0 Å². The summed E-state index contributed by atoms with van der Waals surface area (Å²) < 4.78 is 2.61. The molecule has 0 saturated heterocycles. The van der Waals surface area contributed by atoms with Crippen molar-refractivity contribution < 1.29 is 0 Å². The standard InChI is InChI=1S/C114H90BN3Si3/c1-113(2,83-40-16-5-17-41-83)85-64-75-106-102(78-85)103-79-86(114(3,4)84-42-18-6-19-43-84)65-76-107(103)118(106)89-80-110-112-111(81-89)117(88-68-72-100(73-69-88)120(93-50-26-10-27-51-93,94-52-28-11-29-53-94)95-54-30-12-31-55-95)109-77-74-101(121(96-56-32-13-33-57-96,97-58-34-14-35-59-97)98-60-36-15-37-61-98)82-105(109)115(112)104-62-38-39-63-108(104)116(110)87-66-70-99(71-67-87)119(90-44-20-7-21-45-90,91-46-22-8-23-47-91)92-48-24-9-25-49-92/h5-82H,1-4H3. The van der Waals surface area contributed by atoms with E-state index in [1.807, 2.05) is 0 Å². The molecule has 2 aliphatic heterocycles. The summed E-state index contributed by atoms with van der Waals surface area (Å²) in [7, 11) is -9.15. The molecule has 0 spiro atoms. The molecule has 3 heterocycles. The van der Waals surface area contributed by atoms with Gasteiger partial charge in [-0.05, 0) is 174 Å². The van der Waals surface area contributed by atoms with E-state index in [4.69, 9.17) is 0 Å². The zero-order valence-corrected chi connectivity index (χ0v) is 71.5. The summed E-state index contributed by atoms with van der Waals surface area (Å²) in [5, 5.41) is 18.4. The maximum absolute atomic E-state index is 3.16. The summed E-state index contributed by atoms with van der Waals surface area (Å²) in [6.07, 6.45) is 0. The molecule has 0 unspecified atom stereocenters. The third kappa shape index (κ3) is 12.1. The van der Waals surface area contributed by atoms with Crippen molar-refractivity contribution >= 4 is 165 Å². The number of benzene rings is 18. The van der Waals surface area contributed by atoms with E-state index in [-0.39, 0.29) is 17.5 Å². The van der Waals surface area contributed by atoms with Crippen LogP contribution in [0.15, 0.2) is 473 Å². The van der Waals surface area contributed by atoms with Crippen molar-refractivity contribution in [2.75, 3.05) is 9.80 Å². The minimum absolute atomic E-state index is 0.238. The Morgan fingerprint density at radius 2 is 0.463 bits per heavy atom. The molecule has 121 heavy (non-hydrogen) atoms. The second kappa shape index (κ2) is 30.5. The van der Waals surface area contributed by atoms with E-state index >= 15 is 0 Å². The van der Waals surface area contributed by atoms with E-state index < -0.39 is 24.2 Å². The van der Waals surface area contributed by atoms with Gasteiger partial charge in [-0.3, -0.25) is 0 Å². The van der Waals surface area contributed by atoms with E-state index in [9.17, 15) is 0 Å². The van der Waals surface area contributed by atoms with Crippen LogP contribution in [0.2, 0.25) is 0 Å². The van der Waals surface area contributed by atoms with Crippen molar-refractivity contribution in [3.63, 3.8) is 0 Å². The highest BCUT2D eigenvalue weighted by molar-refractivity contribution is 7.21. The molecule has 0 radical (unpaired) electrons. The van der Waals surface area contributed by atoms with Crippen LogP contribution < -0.4 is 88.4 Å². The highest BCUT2D eigenvalue weighted by Gasteiger charge is 2.49. The van der Waals surface area contributed by atoms with Gasteiger partial charge in [0.25, 0.3) is 6.71 Å². The van der Waals surface area contributed by atoms with Crippen molar-refractivity contribution in [3.8, 4) is 5.69 Å². The van der Waals surface area contributed by atoms with Gasteiger partial charge >= 0.3 is 0 Å². The fourth-order valence-corrected chi connectivity index (χ4v) is 35.2. The van der Waals surface area contributed by atoms with Crippen LogP contribution in [0.5, 0.6) is 0 Å². The fourth-order valence-electron chi connectivity index (χ4n) is 20.9. The van der Waals surface area contributed by atoms with E-state index in [1.54, 1.807) is 0 Å². The predicted octanol–water partition coefficient (Wildman–Crippen LogP) is 17.7. The van der Waals surface area contributed by atoms with Gasteiger partial charge in [0.05, 0.1) is 16.7 Å². The SMILES string of the molecule is CC(C)(c1ccccc1)c1ccc2c(c1)c1cc(C(C)(C)c3ccccc3)ccc1n2-c1cc2c3c(c1)N(c1ccc([Si](c4ccccc4)(c4ccccc4)c4ccccc4)cc1)c1ccc([Si](c4ccccc4)(c4ccccc4)c4ccccc4)cc1B3c1ccccc1N2c1ccc([Si](c2ccccc2)(c2ccccc2)c2ccccc2)cc1. The van der Waals surface area contributed by atoms with Crippen LogP contribution in [-0.4, -0.2) is 35.5 Å². The second-order valence-corrected chi connectivity index (χ2v) is 45.2. The number of anilines is 6. The topological polar surface area (TPSA) is 11.4 Å². The number of para-hydroxylation sites is 1. The highest BCUT2D eigenvalue weighted by Crippen LogP contribution is 2.48. The zero-order valence-electron chi connectivity index (χ0n) is 68.5. The van der Waals surface area contributed by atoms with Crippen LogP contribution in [0.25, 0.3) is 27.5 Å². The number of aromatic nitrogens is 1. The van der Waals surface area contributed by atoms with Gasteiger partial charge in [0, 0.05) is 55.7 Å². The molecule has 0 bridgehead atoms. The average Bonchev–Trinajstić information content (AvgIpc) is 1.28. The summed E-state index contributed by atoms with van der Waals surface area (Å²) in [6.45, 7) is 9.28. The second-order valence-electron chi connectivity index (χ2n) is 33.8. The van der Waals surface area contributed by atoms with Crippen LogP contribution >= 0.6 is 0 Å². The van der Waals surface area contributed by atoms with Gasteiger partial charge in [-0.25, -0.2) is 0 Å². The van der Waals surface area contributed by atoms with E-state index in [0.29, 0.717) is 0 Å². The monoisotopic (exact) mass is 1600 g/mol. The first-order valence-corrected chi connectivity index (χ1v) is 48.5. The third-order valence-corrected chi connectivity index (χ3v) is 41.2. The Balaban J connectivity index is 0.876. The first kappa shape index (κ1) is 74.6. The van der Waals surface area contributed by atoms with Gasteiger partial charge in [0.1, 0.15) is 0 Å². The van der Waals surface area contributed by atoms with Crippen molar-refractivity contribution in [2.24, 2.45) is 0 Å². The van der Waals surface area contributed by atoms with Crippen LogP contribution in [0, 0.1) is 0 Å². The Morgan fingerprint density at radius 1 is 0.198 bits per heavy atom. The summed E-state index contributed by atoms with van der Waals surface area (Å²) in [6, 6.07) is 181. The third-order valence-electron chi connectivity index (χ3n) is 26.8. The molecule has 0 fully saturated rings. The smallest absolute Gasteiger partial charge is 0.252 e. The molecule has 0 N–H and O–H groups in total. The lowest BCUT2D eigenvalue weighted by Crippen LogP contribution is -2.75. The lowest BCUT2D eigenvalue weighted by molar-refractivity contribution is 0.641. The minimum Gasteiger partial charge on any atom is -0.311 e. The molecular weight excluding hydrogens is 1510 g/mol. The van der Waals surface area contributed by atoms with Gasteiger partial charge in [-0.1, -0.05) is 428 Å². The Kier molecular flexibility index (Phi) is 18.8. The summed E-state index contributed by atoms with van der Waals surface area (Å²) in [5.41, 5.74) is 18.2. The number of nitrogens with zero attached hydrogens (tertiary/aromatic N) is 3. The van der Waals surface area contributed by atoms with Crippen LogP contribution in [0.3, 0.4) is 0 Å². The van der Waals surface area contributed by atoms with Crippen molar-refractivity contribution in [2.45, 2.75) is 38.5 Å². The minimum atomic E-state index is -3.16. The van der Waals surface area contributed by atoms with E-state index in [1.165, 1.54) is 112 Å². The molecule has 1 aromatic heterocycles. The predicted molar refractivity (Wildman–Crippen MR) is 523 cm³/mol. The summed E-state index contributed by atoms with van der Waals surface area (Å²) in [4.78, 5) is 5.30. The van der Waals surface area contributed by atoms with Crippen molar-refractivity contribution in [1.82, 2.24) is 4.57 Å². The maximum atomic E-state index is 2.68. The Bertz CT molecular complexity index is 6550. The Hall–Kier alpha value is -13.9. The largest absolute Gasteiger partial charge is 0.311 e. The van der Waals surface area contributed by atoms with E-state index in [2.05, 4.69) is 515 Å². The maximum Gasteiger partial charge on any atom is 0.252 e. The molecular formula is C114H90BN3Si3. The Morgan fingerprint density at radius 3 is 0.785 bits per heavy atom. The summed E-state index contributed by atoms with van der Waals surface area (Å²) >= 11 is 0. The quantitative estimate of drug-likeness (QED) is 0.0590. The normalized spacial score (nSPS) is 12.7. The van der Waals surface area contributed by atoms with Crippen molar-refractivity contribution in [3.05, 3.63) is 495 Å². The molecule has 0 atom stereocenters. The lowest BCUT2D eigenvalue weighted by Gasteiger charge is -2.45. The molecule has 0 aliphatic carbocycles. The first-order valence-electron chi connectivity index (χ1n) is 42.5. The number of hydrogen-bond acceptors (Lipinski definition) is 2. The van der Waals surface area contributed by atoms with Crippen molar-refractivity contribution in [1.29, 1.82) is 0 Å². The molecule has 21 rings (SSSR count). The molecule has 18 aromatic carbocycles. The van der Waals surface area contributed by atoms with Crippen LogP contribution in [-0.2, 0) is 10.8 Å². The van der Waals surface area contributed by atoms with Gasteiger partial charge in [-0.15, -0.1) is 0 Å². The van der Waals surface area contributed by atoms with Crippen LogP contribution in [0.4, 0.5) is 34.1 Å². The van der Waals surface area contributed by atoms with Gasteiger partial charge < -0.3 is 14.4 Å². The molecule has 19 aromatic rings. The average molecular weight is 1600 g/mol. The molecule has 0 amide bonds. The number of hydrogen-bond donors (Lipinski definition) is 0. The fraction of sp³-hybridized carbons (Fsp3) is 0.0526. The zero-order chi connectivity index (χ0) is 81.3. The number of fused-ring (bicyclic) bond motifs is 7. The molecule has 0 saturated carbocycles. The lowest BCUT2D eigenvalue weighted by atomic mass is 9.33. The van der Waals surface area contributed by atoms with E-state index in [0.717, 1.165) is 50.8 Å². The molecule has 7 heteroatoms. The molecule has 2 aliphatic rings. The molecule has 3 nitrogen and oxygen atoms in total.